The second-order valence-electron chi connectivity index (χ2n) is 3.31. The first-order valence-corrected chi connectivity index (χ1v) is 4.92. The van der Waals surface area contributed by atoms with Gasteiger partial charge in [-0.25, -0.2) is 4.98 Å². The van der Waals surface area contributed by atoms with Crippen molar-refractivity contribution < 1.29 is 14.3 Å². The Balaban J connectivity index is 2.56. The van der Waals surface area contributed by atoms with E-state index in [4.69, 9.17) is 4.74 Å². The summed E-state index contributed by atoms with van der Waals surface area (Å²) in [4.78, 5) is 18.9. The van der Waals surface area contributed by atoms with E-state index in [-0.39, 0.29) is 18.6 Å². The van der Waals surface area contributed by atoms with Gasteiger partial charge < -0.3 is 14.8 Å². The van der Waals surface area contributed by atoms with E-state index in [0.29, 0.717) is 11.8 Å². The van der Waals surface area contributed by atoms with Gasteiger partial charge in [-0.2, -0.15) is 4.98 Å². The van der Waals surface area contributed by atoms with Gasteiger partial charge in [-0.05, 0) is 13.8 Å². The number of hydrogen-bond acceptors (Lipinski definition) is 6. The molecule has 0 unspecified atom stereocenters. The molecule has 1 aromatic heterocycles. The molecule has 1 rings (SSSR count). The van der Waals surface area contributed by atoms with Crippen LogP contribution in [-0.2, 0) is 9.53 Å². The van der Waals surface area contributed by atoms with E-state index in [9.17, 15) is 4.79 Å². The highest BCUT2D eigenvalue weighted by atomic mass is 16.5. The molecule has 0 saturated carbocycles. The largest absolute Gasteiger partial charge is 0.475 e. The van der Waals surface area contributed by atoms with Crippen LogP contribution < -0.4 is 10.1 Å². The van der Waals surface area contributed by atoms with E-state index in [1.807, 2.05) is 13.8 Å². The van der Waals surface area contributed by atoms with Crippen molar-refractivity contribution in [2.75, 3.05) is 19.0 Å². The second-order valence-corrected chi connectivity index (χ2v) is 3.31. The third kappa shape index (κ3) is 4.12. The van der Waals surface area contributed by atoms with Gasteiger partial charge in [0.05, 0.1) is 13.2 Å². The van der Waals surface area contributed by atoms with Crippen LogP contribution in [0.4, 0.5) is 5.95 Å². The summed E-state index contributed by atoms with van der Waals surface area (Å²) in [6.45, 7) is 3.84. The Morgan fingerprint density at radius 1 is 1.56 bits per heavy atom. The van der Waals surface area contributed by atoms with E-state index in [0.717, 1.165) is 0 Å². The second kappa shape index (κ2) is 5.89. The van der Waals surface area contributed by atoms with Crippen molar-refractivity contribution in [3.8, 4) is 5.88 Å². The Morgan fingerprint density at radius 2 is 2.31 bits per heavy atom. The number of ether oxygens (including phenoxy) is 2. The lowest BCUT2D eigenvalue weighted by atomic mass is 10.5. The lowest BCUT2D eigenvalue weighted by molar-refractivity contribution is -0.138. The van der Waals surface area contributed by atoms with Gasteiger partial charge in [-0.15, -0.1) is 0 Å². The van der Waals surface area contributed by atoms with Crippen molar-refractivity contribution >= 4 is 11.9 Å². The molecule has 0 bridgehead atoms. The maximum atomic E-state index is 10.9. The molecule has 0 fully saturated rings. The van der Waals surface area contributed by atoms with Crippen molar-refractivity contribution in [3.63, 3.8) is 0 Å². The zero-order valence-electron chi connectivity index (χ0n) is 9.56. The molecule has 0 aromatic carbocycles. The van der Waals surface area contributed by atoms with Crippen LogP contribution in [-0.4, -0.2) is 35.7 Å². The van der Waals surface area contributed by atoms with Crippen LogP contribution in [0.3, 0.4) is 0 Å². The van der Waals surface area contributed by atoms with Crippen LogP contribution in [0.15, 0.2) is 12.3 Å². The first-order valence-electron chi connectivity index (χ1n) is 4.92. The number of hydrogen-bond donors (Lipinski definition) is 1. The molecule has 0 spiro atoms. The van der Waals surface area contributed by atoms with E-state index in [2.05, 4.69) is 20.0 Å². The molecule has 0 radical (unpaired) electrons. The van der Waals surface area contributed by atoms with Gasteiger partial charge in [-0.3, -0.25) is 4.79 Å². The number of carbonyl (C=O) groups excluding carboxylic acids is 1. The molecule has 6 heteroatoms. The van der Waals surface area contributed by atoms with E-state index in [1.54, 1.807) is 12.3 Å². The van der Waals surface area contributed by atoms with Gasteiger partial charge in [0.2, 0.25) is 11.8 Å². The predicted molar refractivity (Wildman–Crippen MR) is 58.3 cm³/mol. The molecule has 0 amide bonds. The van der Waals surface area contributed by atoms with Gasteiger partial charge in [-0.1, -0.05) is 0 Å². The standard InChI is InChI=1S/C10H15N3O3/c1-7(2)16-8-4-5-11-10(13-8)12-6-9(14)15-3/h4-5,7H,6H2,1-3H3,(H,11,12,13). The summed E-state index contributed by atoms with van der Waals surface area (Å²) in [6.07, 6.45) is 1.60. The minimum Gasteiger partial charge on any atom is -0.475 e. The number of carbonyl (C=O) groups is 1. The third-order valence-electron chi connectivity index (χ3n) is 1.60. The van der Waals surface area contributed by atoms with Crippen molar-refractivity contribution in [2.45, 2.75) is 20.0 Å². The number of rotatable bonds is 5. The molecular weight excluding hydrogens is 210 g/mol. The number of aromatic nitrogens is 2. The van der Waals surface area contributed by atoms with E-state index in [1.165, 1.54) is 7.11 Å². The molecule has 1 N–H and O–H groups in total. The van der Waals surface area contributed by atoms with E-state index >= 15 is 0 Å². The van der Waals surface area contributed by atoms with Crippen LogP contribution in [0.5, 0.6) is 5.88 Å². The summed E-state index contributed by atoms with van der Waals surface area (Å²) in [6, 6.07) is 1.66. The number of nitrogens with one attached hydrogen (secondary N) is 1. The van der Waals surface area contributed by atoms with Crippen LogP contribution in [0, 0.1) is 0 Å². The minimum absolute atomic E-state index is 0.0294. The summed E-state index contributed by atoms with van der Waals surface area (Å²) < 4.78 is 9.86. The monoisotopic (exact) mass is 225 g/mol. The molecule has 16 heavy (non-hydrogen) atoms. The Bertz CT molecular complexity index is 355. The van der Waals surface area contributed by atoms with Crippen molar-refractivity contribution in [3.05, 3.63) is 12.3 Å². The molecule has 1 aromatic rings. The van der Waals surface area contributed by atoms with Crippen molar-refractivity contribution in [2.24, 2.45) is 0 Å². The number of esters is 1. The Hall–Kier alpha value is -1.85. The molecule has 0 aliphatic rings. The van der Waals surface area contributed by atoms with Gasteiger partial charge >= 0.3 is 5.97 Å². The first kappa shape index (κ1) is 12.2. The third-order valence-corrected chi connectivity index (χ3v) is 1.60. The van der Waals surface area contributed by atoms with Gasteiger partial charge in [0, 0.05) is 12.3 Å². The molecule has 1 heterocycles. The number of methoxy groups -OCH3 is 1. The maximum Gasteiger partial charge on any atom is 0.325 e. The summed E-state index contributed by atoms with van der Waals surface area (Å²) in [5.41, 5.74) is 0. The fraction of sp³-hybridized carbons (Fsp3) is 0.500. The fourth-order valence-electron chi connectivity index (χ4n) is 0.958. The molecule has 0 aliphatic carbocycles. The van der Waals surface area contributed by atoms with E-state index < -0.39 is 0 Å². The highest BCUT2D eigenvalue weighted by Crippen LogP contribution is 2.09. The van der Waals surface area contributed by atoms with Crippen LogP contribution in [0.25, 0.3) is 0 Å². The predicted octanol–water partition coefficient (Wildman–Crippen LogP) is 0.849. The van der Waals surface area contributed by atoms with Crippen LogP contribution in [0.1, 0.15) is 13.8 Å². The van der Waals surface area contributed by atoms with Gasteiger partial charge in [0.15, 0.2) is 0 Å². The normalized spacial score (nSPS) is 10.0. The molecular formula is C10H15N3O3. The SMILES string of the molecule is COC(=O)CNc1nccc(OC(C)C)n1. The van der Waals surface area contributed by atoms with Gasteiger partial charge in [0.25, 0.3) is 0 Å². The highest BCUT2D eigenvalue weighted by molar-refractivity contribution is 5.73. The summed E-state index contributed by atoms with van der Waals surface area (Å²) in [7, 11) is 1.32. The molecule has 88 valence electrons. The number of nitrogens with zero attached hydrogens (tertiary/aromatic N) is 2. The topological polar surface area (TPSA) is 73.3 Å². The zero-order valence-corrected chi connectivity index (χ0v) is 9.56. The molecule has 0 atom stereocenters. The first-order chi connectivity index (χ1) is 7.61. The molecule has 0 aliphatic heterocycles. The van der Waals surface area contributed by atoms with Gasteiger partial charge in [0.1, 0.15) is 6.54 Å². The summed E-state index contributed by atoms with van der Waals surface area (Å²) in [5, 5.41) is 2.73. The van der Waals surface area contributed by atoms with Crippen molar-refractivity contribution in [1.29, 1.82) is 0 Å². The average molecular weight is 225 g/mol. The smallest absolute Gasteiger partial charge is 0.325 e. The summed E-state index contributed by atoms with van der Waals surface area (Å²) in [5.74, 6) is 0.430. The van der Waals surface area contributed by atoms with Crippen molar-refractivity contribution in [1.82, 2.24) is 9.97 Å². The average Bonchev–Trinajstić information content (AvgIpc) is 2.25. The van der Waals surface area contributed by atoms with Crippen LogP contribution >= 0.6 is 0 Å². The lowest BCUT2D eigenvalue weighted by Gasteiger charge is -2.09. The Labute approximate surface area is 94.0 Å². The zero-order chi connectivity index (χ0) is 12.0. The quantitative estimate of drug-likeness (QED) is 0.749. The van der Waals surface area contributed by atoms with Crippen LogP contribution in [0.2, 0.25) is 0 Å². The Morgan fingerprint density at radius 3 is 2.94 bits per heavy atom. The maximum absolute atomic E-state index is 10.9. The Kier molecular flexibility index (Phi) is 4.50. The fourth-order valence-corrected chi connectivity index (χ4v) is 0.958. The summed E-state index contributed by atoms with van der Waals surface area (Å²) >= 11 is 0. The highest BCUT2D eigenvalue weighted by Gasteiger charge is 2.04. The molecule has 0 saturated heterocycles. The lowest BCUT2D eigenvalue weighted by Crippen LogP contribution is -2.17. The minimum atomic E-state index is -0.376. The number of anilines is 1. The molecule has 6 nitrogen and oxygen atoms in total.